The number of nitrogens with two attached hydrogens (primary N) is 1. The number of ether oxygens (including phenoxy) is 1. The summed E-state index contributed by atoms with van der Waals surface area (Å²) in [6, 6.07) is 3.23. The fourth-order valence-corrected chi connectivity index (χ4v) is 3.92. The Bertz CT molecular complexity index is 541. The molecule has 0 aliphatic carbocycles. The van der Waals surface area contributed by atoms with Crippen LogP contribution in [0.3, 0.4) is 0 Å². The van der Waals surface area contributed by atoms with Gasteiger partial charge in [-0.15, -0.1) is 0 Å². The predicted octanol–water partition coefficient (Wildman–Crippen LogP) is 0.414. The van der Waals surface area contributed by atoms with Crippen molar-refractivity contribution in [2.24, 2.45) is 11.8 Å². The fraction of sp³-hybridized carbons (Fsp3) is 0.583. The molecular weight excluding hydrogens is 280 g/mol. The van der Waals surface area contributed by atoms with Crippen molar-refractivity contribution >= 4 is 15.7 Å². The molecule has 7 nitrogen and oxygen atoms in total. The zero-order valence-electron chi connectivity index (χ0n) is 11.4. The highest BCUT2D eigenvalue weighted by Crippen LogP contribution is 2.26. The summed E-state index contributed by atoms with van der Waals surface area (Å²) in [6.07, 6.45) is 3.04. The number of nitrogens with zero attached hydrogens (tertiary/aromatic N) is 2. The van der Waals surface area contributed by atoms with Crippen LogP contribution in [0.4, 0.5) is 5.69 Å². The molecule has 3 N–H and O–H groups in total. The Kier molecular flexibility index (Phi) is 4.92. The van der Waals surface area contributed by atoms with Gasteiger partial charge in [-0.1, -0.05) is 0 Å². The largest absolute Gasteiger partial charge is 0.384 e. The van der Waals surface area contributed by atoms with Gasteiger partial charge >= 0.3 is 0 Å². The summed E-state index contributed by atoms with van der Waals surface area (Å²) in [6.45, 7) is 1.64. The number of hydrogen-bond donors (Lipinski definition) is 2. The lowest BCUT2D eigenvalue weighted by molar-refractivity contribution is 0.121. The first-order valence-electron chi connectivity index (χ1n) is 6.50. The highest BCUT2D eigenvalue weighted by molar-refractivity contribution is 7.89. The average Bonchev–Trinajstić information content (AvgIpc) is 2.48. The molecule has 0 aromatic carbocycles. The second kappa shape index (κ2) is 6.49. The van der Waals surface area contributed by atoms with E-state index in [0.29, 0.717) is 31.3 Å². The van der Waals surface area contributed by atoms with Gasteiger partial charge in [0.1, 0.15) is 0 Å². The van der Waals surface area contributed by atoms with E-state index >= 15 is 0 Å². The van der Waals surface area contributed by atoms with Gasteiger partial charge in [0.15, 0.2) is 5.03 Å². The molecule has 0 atom stereocenters. The monoisotopic (exact) mass is 300 g/mol. The van der Waals surface area contributed by atoms with Crippen molar-refractivity contribution in [2.45, 2.75) is 17.9 Å². The highest BCUT2D eigenvalue weighted by Gasteiger charge is 2.31. The van der Waals surface area contributed by atoms with Crippen molar-refractivity contribution in [2.75, 3.05) is 32.2 Å². The van der Waals surface area contributed by atoms with E-state index < -0.39 is 10.0 Å². The molecule has 0 unspecified atom stereocenters. The Labute approximate surface area is 119 Å². The SMILES string of the molecule is COCC1CCN(S(=O)(=O)c2ncccc2NN)CC1. The number of hydrogen-bond acceptors (Lipinski definition) is 6. The molecule has 1 fully saturated rings. The lowest BCUT2D eigenvalue weighted by Crippen LogP contribution is -2.40. The van der Waals surface area contributed by atoms with Gasteiger partial charge in [0.2, 0.25) is 0 Å². The van der Waals surface area contributed by atoms with Gasteiger partial charge < -0.3 is 10.2 Å². The maximum atomic E-state index is 12.6. The van der Waals surface area contributed by atoms with Crippen LogP contribution in [-0.4, -0.2) is 44.5 Å². The molecule has 1 aromatic rings. The molecule has 0 bridgehead atoms. The Balaban J connectivity index is 2.16. The maximum absolute atomic E-state index is 12.6. The third-order valence-corrected chi connectivity index (χ3v) is 5.35. The Hall–Kier alpha value is -1.22. The molecule has 0 radical (unpaired) electrons. The Morgan fingerprint density at radius 2 is 2.20 bits per heavy atom. The molecule has 8 heteroatoms. The third kappa shape index (κ3) is 3.09. The molecule has 0 amide bonds. The first kappa shape index (κ1) is 15.2. The van der Waals surface area contributed by atoms with Gasteiger partial charge in [-0.3, -0.25) is 5.84 Å². The maximum Gasteiger partial charge on any atom is 0.262 e. The van der Waals surface area contributed by atoms with Crippen molar-refractivity contribution in [1.82, 2.24) is 9.29 Å². The Morgan fingerprint density at radius 3 is 2.80 bits per heavy atom. The molecule has 1 saturated heterocycles. The quantitative estimate of drug-likeness (QED) is 0.604. The van der Waals surface area contributed by atoms with Gasteiger partial charge in [-0.25, -0.2) is 13.4 Å². The molecule has 0 spiro atoms. The van der Waals surface area contributed by atoms with Crippen LogP contribution in [0.2, 0.25) is 0 Å². The summed E-state index contributed by atoms with van der Waals surface area (Å²) in [4.78, 5) is 3.95. The third-order valence-electron chi connectivity index (χ3n) is 3.49. The number of pyridine rings is 1. The molecular formula is C12H20N4O3S. The zero-order chi connectivity index (χ0) is 14.6. The summed E-state index contributed by atoms with van der Waals surface area (Å²) < 4.78 is 31.7. The van der Waals surface area contributed by atoms with Crippen molar-refractivity contribution in [3.63, 3.8) is 0 Å². The van der Waals surface area contributed by atoms with Crippen LogP contribution in [0.15, 0.2) is 23.4 Å². The number of nitrogen functional groups attached to an aromatic ring is 1. The molecule has 0 saturated carbocycles. The second-order valence-corrected chi connectivity index (χ2v) is 6.66. The number of anilines is 1. The van der Waals surface area contributed by atoms with Crippen LogP contribution in [0.1, 0.15) is 12.8 Å². The number of piperidine rings is 1. The molecule has 2 rings (SSSR count). The van der Waals surface area contributed by atoms with E-state index in [0.717, 1.165) is 12.8 Å². The first-order chi connectivity index (χ1) is 9.59. The van der Waals surface area contributed by atoms with Crippen molar-refractivity contribution in [3.8, 4) is 0 Å². The fourth-order valence-electron chi connectivity index (χ4n) is 2.38. The van der Waals surface area contributed by atoms with E-state index in [1.807, 2.05) is 0 Å². The van der Waals surface area contributed by atoms with Crippen LogP contribution < -0.4 is 11.3 Å². The van der Waals surface area contributed by atoms with Crippen molar-refractivity contribution in [1.29, 1.82) is 0 Å². The minimum atomic E-state index is -3.60. The standard InChI is InChI=1S/C12H20N4O3S/c1-19-9-10-4-7-16(8-5-10)20(17,18)12-11(15-13)3-2-6-14-12/h2-3,6,10,15H,4-5,7-9,13H2,1H3. The van der Waals surface area contributed by atoms with E-state index in [-0.39, 0.29) is 5.03 Å². The summed E-state index contributed by atoms with van der Waals surface area (Å²) >= 11 is 0. The van der Waals surface area contributed by atoms with E-state index in [2.05, 4.69) is 10.4 Å². The number of methoxy groups -OCH3 is 1. The normalized spacial score (nSPS) is 18.1. The smallest absolute Gasteiger partial charge is 0.262 e. The van der Waals surface area contributed by atoms with E-state index in [1.54, 1.807) is 19.2 Å². The highest BCUT2D eigenvalue weighted by atomic mass is 32.2. The molecule has 1 aromatic heterocycles. The van der Waals surface area contributed by atoms with E-state index in [1.165, 1.54) is 10.5 Å². The molecule has 112 valence electrons. The van der Waals surface area contributed by atoms with Crippen molar-refractivity contribution < 1.29 is 13.2 Å². The average molecular weight is 300 g/mol. The summed E-state index contributed by atoms with van der Waals surface area (Å²) in [5.74, 6) is 5.77. The summed E-state index contributed by atoms with van der Waals surface area (Å²) in [5, 5.41) is -0.0207. The first-order valence-corrected chi connectivity index (χ1v) is 7.94. The van der Waals surface area contributed by atoms with Crippen LogP contribution in [0.25, 0.3) is 0 Å². The molecule has 1 aliphatic heterocycles. The minimum Gasteiger partial charge on any atom is -0.384 e. The van der Waals surface area contributed by atoms with Crippen LogP contribution in [0, 0.1) is 5.92 Å². The molecule has 20 heavy (non-hydrogen) atoms. The van der Waals surface area contributed by atoms with E-state index in [9.17, 15) is 8.42 Å². The van der Waals surface area contributed by atoms with Crippen LogP contribution >= 0.6 is 0 Å². The van der Waals surface area contributed by atoms with Gasteiger partial charge in [-0.05, 0) is 30.9 Å². The number of aromatic nitrogens is 1. The summed E-state index contributed by atoms with van der Waals surface area (Å²) in [5.41, 5.74) is 2.69. The zero-order valence-corrected chi connectivity index (χ0v) is 12.3. The van der Waals surface area contributed by atoms with Gasteiger partial charge in [0.05, 0.1) is 5.69 Å². The Morgan fingerprint density at radius 1 is 1.50 bits per heavy atom. The number of hydrazine groups is 1. The predicted molar refractivity (Wildman–Crippen MR) is 75.4 cm³/mol. The van der Waals surface area contributed by atoms with Crippen LogP contribution in [0.5, 0.6) is 0 Å². The molecule has 2 heterocycles. The number of rotatable bonds is 5. The van der Waals surface area contributed by atoms with Gasteiger partial charge in [0, 0.05) is 33.0 Å². The number of nitrogens with one attached hydrogen (secondary N) is 1. The minimum absolute atomic E-state index is 0.0207. The van der Waals surface area contributed by atoms with Crippen molar-refractivity contribution in [3.05, 3.63) is 18.3 Å². The van der Waals surface area contributed by atoms with Gasteiger partial charge in [-0.2, -0.15) is 4.31 Å². The lowest BCUT2D eigenvalue weighted by Gasteiger charge is -2.30. The van der Waals surface area contributed by atoms with Crippen LogP contribution in [-0.2, 0) is 14.8 Å². The molecule has 1 aliphatic rings. The lowest BCUT2D eigenvalue weighted by atomic mass is 9.99. The van der Waals surface area contributed by atoms with Gasteiger partial charge in [0.25, 0.3) is 10.0 Å². The van der Waals surface area contributed by atoms with E-state index in [4.69, 9.17) is 10.6 Å². The topological polar surface area (TPSA) is 97.5 Å². The summed E-state index contributed by atoms with van der Waals surface area (Å²) in [7, 11) is -1.94. The number of sulfonamides is 1. The second-order valence-electron chi connectivity index (χ2n) is 4.80.